The van der Waals surface area contributed by atoms with E-state index in [4.69, 9.17) is 0 Å². The Morgan fingerprint density at radius 2 is 1.16 bits per heavy atom. The van der Waals surface area contributed by atoms with Crippen LogP contribution in [0.5, 0.6) is 0 Å². The fourth-order valence-corrected chi connectivity index (χ4v) is 7.31. The van der Waals surface area contributed by atoms with E-state index < -0.39 is 23.9 Å². The van der Waals surface area contributed by atoms with E-state index in [0.717, 1.165) is 44.5 Å². The third-order valence-electron chi connectivity index (χ3n) is 10.4. The number of aryl methyl sites for hydroxylation is 1. The van der Waals surface area contributed by atoms with Gasteiger partial charge in [0, 0.05) is 19.5 Å². The molecule has 56 heavy (non-hydrogen) atoms. The number of Topliss-reactive ketones (excluding diaryl/α,β-unsaturated/α-hetero) is 1. The normalized spacial score (nSPS) is 13.1. The van der Waals surface area contributed by atoms with Crippen LogP contribution in [0.2, 0.25) is 0 Å². The molecule has 0 saturated carbocycles. The van der Waals surface area contributed by atoms with Crippen molar-refractivity contribution in [3.63, 3.8) is 0 Å². The highest BCUT2D eigenvalue weighted by molar-refractivity contribution is 5.88. The van der Waals surface area contributed by atoms with Gasteiger partial charge < -0.3 is 15.7 Å². The molecule has 6 aromatic carbocycles. The molecule has 286 valence electrons. The van der Waals surface area contributed by atoms with E-state index >= 15 is 0 Å². The second kappa shape index (κ2) is 19.2. The topological polar surface area (TPSA) is 102 Å². The van der Waals surface area contributed by atoms with Gasteiger partial charge in [-0.25, -0.2) is 0 Å². The van der Waals surface area contributed by atoms with E-state index in [0.29, 0.717) is 13.0 Å². The Morgan fingerprint density at radius 1 is 0.625 bits per heavy atom. The average molecular weight is 745 g/mol. The van der Waals surface area contributed by atoms with Crippen molar-refractivity contribution in [2.45, 2.75) is 63.6 Å². The number of carbonyl (C=O) groups excluding carboxylic acids is 2. The first-order valence-corrected chi connectivity index (χ1v) is 19.3. The highest BCUT2D eigenvalue weighted by Crippen LogP contribution is 2.37. The summed E-state index contributed by atoms with van der Waals surface area (Å²) in [5, 5.41) is 24.5. The number of aliphatic hydroxyl groups is 1. The molecule has 6 rings (SSSR count). The number of carbonyl (C=O) groups is 2. The summed E-state index contributed by atoms with van der Waals surface area (Å²) in [6.07, 6.45) is -0.606. The molecule has 0 aliphatic rings. The molecule has 6 aromatic rings. The lowest BCUT2D eigenvalue weighted by Gasteiger charge is -2.37. The minimum absolute atomic E-state index is 0.0465. The maximum atomic E-state index is 13.6. The number of rotatable bonds is 18. The van der Waals surface area contributed by atoms with Crippen molar-refractivity contribution in [2.75, 3.05) is 7.05 Å². The van der Waals surface area contributed by atoms with Gasteiger partial charge in [-0.05, 0) is 71.8 Å². The highest BCUT2D eigenvalue weighted by Gasteiger charge is 2.36. The van der Waals surface area contributed by atoms with Gasteiger partial charge in [0.25, 0.3) is 0 Å². The number of hydrogen-bond acceptors (Lipinski definition) is 6. The first-order chi connectivity index (χ1) is 27.2. The minimum Gasteiger partial charge on any atom is -0.377 e. The Kier molecular flexibility index (Phi) is 13.7. The van der Waals surface area contributed by atoms with Gasteiger partial charge in [-0.1, -0.05) is 169 Å². The van der Waals surface area contributed by atoms with Crippen molar-refractivity contribution in [3.8, 4) is 11.1 Å². The zero-order valence-electron chi connectivity index (χ0n) is 32.4. The molecule has 0 bridgehead atoms. The zero-order chi connectivity index (χ0) is 39.3. The van der Waals surface area contributed by atoms with Gasteiger partial charge in [0.15, 0.2) is 0 Å². The number of ketones is 1. The van der Waals surface area contributed by atoms with Crippen LogP contribution in [-0.2, 0) is 34.6 Å². The largest absolute Gasteiger partial charge is 0.377 e. The van der Waals surface area contributed by atoms with E-state index in [1.165, 1.54) is 12.5 Å². The first kappa shape index (κ1) is 40.0. The van der Waals surface area contributed by atoms with E-state index in [9.17, 15) is 14.7 Å². The zero-order valence-corrected chi connectivity index (χ0v) is 32.4. The van der Waals surface area contributed by atoms with Crippen molar-refractivity contribution >= 4 is 11.7 Å². The minimum atomic E-state index is -1.08. The number of nitrogens with one attached hydrogen (secondary N) is 4. The van der Waals surface area contributed by atoms with Crippen LogP contribution in [0.1, 0.15) is 52.3 Å². The molecule has 0 unspecified atom stereocenters. The lowest BCUT2D eigenvalue weighted by atomic mass is 9.76. The van der Waals surface area contributed by atoms with Crippen molar-refractivity contribution in [2.24, 2.45) is 0 Å². The van der Waals surface area contributed by atoms with Crippen molar-refractivity contribution in [1.82, 2.24) is 21.3 Å². The van der Waals surface area contributed by atoms with Gasteiger partial charge in [-0.3, -0.25) is 20.2 Å². The molecule has 0 spiro atoms. The molecule has 7 nitrogen and oxygen atoms in total. The number of likely N-dealkylation sites (N-methyl/N-ethyl adjacent to an activating group) is 1. The van der Waals surface area contributed by atoms with Crippen LogP contribution in [0.25, 0.3) is 11.1 Å². The van der Waals surface area contributed by atoms with Crippen LogP contribution in [0, 0.1) is 6.92 Å². The van der Waals surface area contributed by atoms with Crippen LogP contribution in [0.15, 0.2) is 164 Å². The summed E-state index contributed by atoms with van der Waals surface area (Å²) in [4.78, 5) is 25.9. The Hall–Kier alpha value is -5.70. The molecule has 0 aromatic heterocycles. The monoisotopic (exact) mass is 744 g/mol. The van der Waals surface area contributed by atoms with Crippen LogP contribution >= 0.6 is 0 Å². The summed E-state index contributed by atoms with van der Waals surface area (Å²) < 4.78 is 0. The van der Waals surface area contributed by atoms with Gasteiger partial charge in [-0.2, -0.15) is 0 Å². The molecule has 0 fully saturated rings. The molecule has 7 heteroatoms. The van der Waals surface area contributed by atoms with Crippen molar-refractivity contribution in [1.29, 1.82) is 0 Å². The molecule has 0 saturated heterocycles. The van der Waals surface area contributed by atoms with Crippen LogP contribution in [0.4, 0.5) is 0 Å². The average Bonchev–Trinajstić information content (AvgIpc) is 3.23. The SMILES string of the molecule is CN[C@@H](Cc1ccc(-c2ccccc2)cc1)[C@H](O)N[C@@H](CC(C)=O)C(=O)NCc1cccc(CNC(c2ccccc2)(c2ccccc2)c2ccc(C)cc2)c1. The molecular formula is C49H52N4O3. The molecule has 1 amide bonds. The molecule has 0 heterocycles. The van der Waals surface area contributed by atoms with E-state index in [1.54, 1.807) is 7.05 Å². The van der Waals surface area contributed by atoms with Crippen molar-refractivity contribution in [3.05, 3.63) is 203 Å². The second-order valence-electron chi connectivity index (χ2n) is 14.5. The Balaban J connectivity index is 1.13. The van der Waals surface area contributed by atoms with E-state index in [-0.39, 0.29) is 24.7 Å². The second-order valence-corrected chi connectivity index (χ2v) is 14.5. The molecule has 0 radical (unpaired) electrons. The summed E-state index contributed by atoms with van der Waals surface area (Å²) in [5.41, 5.74) is 9.24. The molecule has 0 aliphatic carbocycles. The molecular weight excluding hydrogens is 693 g/mol. The Labute approximate surface area is 331 Å². The van der Waals surface area contributed by atoms with E-state index in [1.807, 2.05) is 42.5 Å². The van der Waals surface area contributed by atoms with Crippen molar-refractivity contribution < 1.29 is 14.7 Å². The maximum absolute atomic E-state index is 13.6. The van der Waals surface area contributed by atoms with Crippen LogP contribution in [-0.4, -0.2) is 42.2 Å². The predicted molar refractivity (Wildman–Crippen MR) is 226 cm³/mol. The Bertz CT molecular complexity index is 2100. The fraction of sp³-hybridized carbons (Fsp3) is 0.224. The third-order valence-corrected chi connectivity index (χ3v) is 10.4. The summed E-state index contributed by atoms with van der Waals surface area (Å²) in [6, 6.07) is 55.0. The lowest BCUT2D eigenvalue weighted by Crippen LogP contribution is -2.55. The molecule has 0 aliphatic heterocycles. The van der Waals surface area contributed by atoms with Gasteiger partial charge in [0.2, 0.25) is 5.91 Å². The van der Waals surface area contributed by atoms with Gasteiger partial charge in [0.05, 0.1) is 17.6 Å². The quantitative estimate of drug-likeness (QED) is 0.0463. The predicted octanol–water partition coefficient (Wildman–Crippen LogP) is 7.45. The van der Waals surface area contributed by atoms with Crippen LogP contribution in [0.3, 0.4) is 0 Å². The van der Waals surface area contributed by atoms with Gasteiger partial charge >= 0.3 is 0 Å². The summed E-state index contributed by atoms with van der Waals surface area (Å²) in [7, 11) is 1.78. The maximum Gasteiger partial charge on any atom is 0.237 e. The third kappa shape index (κ3) is 10.1. The first-order valence-electron chi connectivity index (χ1n) is 19.3. The molecule has 3 atom stereocenters. The number of hydrogen-bond donors (Lipinski definition) is 5. The number of benzene rings is 6. The highest BCUT2D eigenvalue weighted by atomic mass is 16.3. The smallest absolute Gasteiger partial charge is 0.237 e. The Morgan fingerprint density at radius 3 is 1.73 bits per heavy atom. The fourth-order valence-electron chi connectivity index (χ4n) is 7.31. The lowest BCUT2D eigenvalue weighted by molar-refractivity contribution is -0.128. The number of amides is 1. The summed E-state index contributed by atoms with van der Waals surface area (Å²) >= 11 is 0. The van der Waals surface area contributed by atoms with Gasteiger partial charge in [-0.15, -0.1) is 0 Å². The molecule has 5 N–H and O–H groups in total. The summed E-state index contributed by atoms with van der Waals surface area (Å²) in [6.45, 7) is 4.38. The van der Waals surface area contributed by atoms with Gasteiger partial charge in [0.1, 0.15) is 12.0 Å². The number of aliphatic hydroxyl groups excluding tert-OH is 1. The van der Waals surface area contributed by atoms with Crippen LogP contribution < -0.4 is 21.3 Å². The standard InChI is InChI=1S/C49H52N4O3/c1-35-22-28-44(29-23-35)49(42-18-9-5-10-19-42,43-20-11-6-12-21-43)52-34-39-15-13-14-38(31-39)33-51-47(55)46(30-36(2)54)53-48(56)45(50-3)32-37-24-26-41(27-25-37)40-16-7-4-8-17-40/h4-29,31,45-46,48,50,52-53,56H,30,32-34H2,1-3H3,(H,51,55)/t45-,46-,48-/m0/s1. The summed E-state index contributed by atoms with van der Waals surface area (Å²) in [5.74, 6) is -0.499. The van der Waals surface area contributed by atoms with E-state index in [2.05, 4.69) is 150 Å².